The number of halogens is 1. The Labute approximate surface area is 185 Å². The molecule has 2 aromatic carbocycles. The van der Waals surface area contributed by atoms with Crippen molar-refractivity contribution in [3.8, 4) is 0 Å². The second-order valence-electron chi connectivity index (χ2n) is 6.53. The molecule has 2 N–H and O–H groups in total. The van der Waals surface area contributed by atoms with Crippen LogP contribution in [0.3, 0.4) is 0 Å². The standard InChI is InChI=1S/C21H17ClN4O2S2/c1-2-15(12-4-3-5-13(22)8-12)19(27)26-21-25-16-7-6-14(9-18(16)30-21)24-20(28)17-10-29-11-23-17/h3-11,15H,2H2,1H3,(H,24,28)(H,25,26,27). The van der Waals surface area contributed by atoms with Crippen LogP contribution in [0, 0.1) is 0 Å². The van der Waals surface area contributed by atoms with Gasteiger partial charge in [0.05, 0.1) is 21.6 Å². The first-order chi connectivity index (χ1) is 14.5. The summed E-state index contributed by atoms with van der Waals surface area (Å²) in [7, 11) is 0. The number of fused-ring (bicyclic) bond motifs is 1. The molecule has 0 spiro atoms. The van der Waals surface area contributed by atoms with E-state index in [4.69, 9.17) is 11.6 Å². The van der Waals surface area contributed by atoms with Gasteiger partial charge in [0.15, 0.2) is 5.13 Å². The van der Waals surface area contributed by atoms with Gasteiger partial charge in [0.25, 0.3) is 5.91 Å². The van der Waals surface area contributed by atoms with E-state index >= 15 is 0 Å². The van der Waals surface area contributed by atoms with E-state index in [1.54, 1.807) is 23.0 Å². The minimum atomic E-state index is -0.316. The molecule has 0 aliphatic carbocycles. The molecule has 6 nitrogen and oxygen atoms in total. The first-order valence-corrected chi connectivity index (χ1v) is 11.3. The van der Waals surface area contributed by atoms with Crippen LogP contribution in [-0.4, -0.2) is 21.8 Å². The quantitative estimate of drug-likeness (QED) is 0.384. The maximum Gasteiger partial charge on any atom is 0.275 e. The Hall–Kier alpha value is -2.81. The molecular formula is C21H17ClN4O2S2. The number of thiazole rings is 2. The van der Waals surface area contributed by atoms with Crippen LogP contribution in [0.2, 0.25) is 5.02 Å². The summed E-state index contributed by atoms with van der Waals surface area (Å²) in [5.74, 6) is -0.708. The van der Waals surface area contributed by atoms with Crippen LogP contribution in [0.5, 0.6) is 0 Å². The number of rotatable bonds is 6. The molecule has 152 valence electrons. The first kappa shape index (κ1) is 20.5. The zero-order chi connectivity index (χ0) is 21.1. The highest BCUT2D eigenvalue weighted by Crippen LogP contribution is 2.30. The summed E-state index contributed by atoms with van der Waals surface area (Å²) in [4.78, 5) is 33.5. The molecule has 0 aliphatic rings. The molecule has 0 saturated heterocycles. The Bertz CT molecular complexity index is 1210. The molecule has 0 radical (unpaired) electrons. The number of carbonyl (C=O) groups excluding carboxylic acids is 2. The van der Waals surface area contributed by atoms with Gasteiger partial charge in [-0.25, -0.2) is 9.97 Å². The highest BCUT2D eigenvalue weighted by molar-refractivity contribution is 7.22. The number of benzene rings is 2. The maximum atomic E-state index is 12.8. The number of nitrogens with zero attached hydrogens (tertiary/aromatic N) is 2. The lowest BCUT2D eigenvalue weighted by atomic mass is 9.96. The van der Waals surface area contributed by atoms with Crippen molar-refractivity contribution in [2.75, 3.05) is 10.6 Å². The molecule has 9 heteroatoms. The molecule has 0 saturated carbocycles. The molecule has 2 aromatic heterocycles. The summed E-state index contributed by atoms with van der Waals surface area (Å²) in [6, 6.07) is 12.8. The van der Waals surface area contributed by atoms with Crippen LogP contribution >= 0.6 is 34.3 Å². The van der Waals surface area contributed by atoms with Gasteiger partial charge in [-0.1, -0.05) is 42.0 Å². The maximum absolute atomic E-state index is 12.8. The molecule has 1 unspecified atom stereocenters. The Kier molecular flexibility index (Phi) is 6.08. The second kappa shape index (κ2) is 8.91. The van der Waals surface area contributed by atoms with E-state index in [2.05, 4.69) is 20.6 Å². The van der Waals surface area contributed by atoms with Gasteiger partial charge >= 0.3 is 0 Å². The monoisotopic (exact) mass is 456 g/mol. The molecule has 1 atom stereocenters. The van der Waals surface area contributed by atoms with Crippen molar-refractivity contribution < 1.29 is 9.59 Å². The third-order valence-electron chi connectivity index (χ3n) is 4.52. The van der Waals surface area contributed by atoms with E-state index < -0.39 is 0 Å². The molecule has 2 heterocycles. The fraction of sp³-hybridized carbons (Fsp3) is 0.143. The van der Waals surface area contributed by atoms with Gasteiger partial charge in [-0.2, -0.15) is 0 Å². The van der Waals surface area contributed by atoms with Gasteiger partial charge < -0.3 is 10.6 Å². The predicted octanol–water partition coefficient (Wildman–Crippen LogP) is 5.79. The van der Waals surface area contributed by atoms with Crippen molar-refractivity contribution in [3.05, 3.63) is 69.6 Å². The van der Waals surface area contributed by atoms with Crippen LogP contribution in [0.25, 0.3) is 10.2 Å². The van der Waals surface area contributed by atoms with E-state index in [9.17, 15) is 9.59 Å². The molecule has 4 rings (SSSR count). The van der Waals surface area contributed by atoms with Crippen LogP contribution in [0.1, 0.15) is 35.3 Å². The van der Waals surface area contributed by atoms with Crippen LogP contribution in [0.4, 0.5) is 10.8 Å². The summed E-state index contributed by atoms with van der Waals surface area (Å²) in [5, 5.41) is 8.55. The van der Waals surface area contributed by atoms with E-state index in [0.717, 1.165) is 15.8 Å². The molecule has 30 heavy (non-hydrogen) atoms. The summed E-state index contributed by atoms with van der Waals surface area (Å²) < 4.78 is 0.859. The van der Waals surface area contributed by atoms with Crippen LogP contribution in [0.15, 0.2) is 53.4 Å². The van der Waals surface area contributed by atoms with Crippen molar-refractivity contribution in [1.82, 2.24) is 9.97 Å². The summed E-state index contributed by atoms with van der Waals surface area (Å²) in [6.07, 6.45) is 0.643. The minimum absolute atomic E-state index is 0.129. The molecule has 0 fully saturated rings. The number of nitrogens with one attached hydrogen (secondary N) is 2. The van der Waals surface area contributed by atoms with Crippen LogP contribution in [-0.2, 0) is 4.79 Å². The summed E-state index contributed by atoms with van der Waals surface area (Å²) >= 11 is 8.79. The second-order valence-corrected chi connectivity index (χ2v) is 8.72. The fourth-order valence-corrected chi connectivity index (χ4v) is 4.70. The van der Waals surface area contributed by atoms with Crippen molar-refractivity contribution in [3.63, 3.8) is 0 Å². The summed E-state index contributed by atoms with van der Waals surface area (Å²) in [6.45, 7) is 1.96. The Morgan fingerprint density at radius 3 is 2.77 bits per heavy atom. The Morgan fingerprint density at radius 2 is 2.03 bits per heavy atom. The number of aromatic nitrogens is 2. The van der Waals surface area contributed by atoms with Gasteiger partial charge in [-0.3, -0.25) is 9.59 Å². The summed E-state index contributed by atoms with van der Waals surface area (Å²) in [5.41, 5.74) is 4.26. The average Bonchev–Trinajstić information content (AvgIpc) is 3.38. The van der Waals surface area contributed by atoms with Crippen molar-refractivity contribution in [1.29, 1.82) is 0 Å². The van der Waals surface area contributed by atoms with Crippen molar-refractivity contribution >= 4 is 67.1 Å². The number of hydrogen-bond acceptors (Lipinski definition) is 6. The number of carbonyl (C=O) groups is 2. The molecule has 0 aliphatic heterocycles. The smallest absolute Gasteiger partial charge is 0.275 e. The molecule has 0 bridgehead atoms. The van der Waals surface area contributed by atoms with Gasteiger partial charge in [0, 0.05) is 16.1 Å². The molecule has 4 aromatic rings. The fourth-order valence-electron chi connectivity index (χ4n) is 3.06. The van der Waals surface area contributed by atoms with E-state index in [1.165, 1.54) is 22.7 Å². The van der Waals surface area contributed by atoms with E-state index in [0.29, 0.717) is 28.0 Å². The Morgan fingerprint density at radius 1 is 1.17 bits per heavy atom. The van der Waals surface area contributed by atoms with E-state index in [-0.39, 0.29) is 17.7 Å². The lowest BCUT2D eigenvalue weighted by Gasteiger charge is -2.14. The zero-order valence-corrected chi connectivity index (χ0v) is 18.3. The lowest BCUT2D eigenvalue weighted by Crippen LogP contribution is -2.20. The van der Waals surface area contributed by atoms with Crippen molar-refractivity contribution in [2.45, 2.75) is 19.3 Å². The third-order valence-corrected chi connectivity index (χ3v) is 6.27. The lowest BCUT2D eigenvalue weighted by molar-refractivity contribution is -0.117. The van der Waals surface area contributed by atoms with E-state index in [1.807, 2.05) is 37.3 Å². The largest absolute Gasteiger partial charge is 0.321 e. The molecular weight excluding hydrogens is 440 g/mol. The Balaban J connectivity index is 1.50. The zero-order valence-electron chi connectivity index (χ0n) is 15.9. The number of amides is 2. The van der Waals surface area contributed by atoms with Crippen LogP contribution < -0.4 is 10.6 Å². The SMILES string of the molecule is CCC(C(=O)Nc1nc2ccc(NC(=O)c3cscn3)cc2s1)c1cccc(Cl)c1. The average molecular weight is 457 g/mol. The van der Waals surface area contributed by atoms with Gasteiger partial charge in [-0.05, 0) is 42.3 Å². The number of hydrogen-bond donors (Lipinski definition) is 2. The molecule has 2 amide bonds. The predicted molar refractivity (Wildman–Crippen MR) is 123 cm³/mol. The topological polar surface area (TPSA) is 84.0 Å². The third kappa shape index (κ3) is 4.51. The van der Waals surface area contributed by atoms with Gasteiger partial charge in [-0.15, -0.1) is 11.3 Å². The first-order valence-electron chi connectivity index (χ1n) is 9.20. The highest BCUT2D eigenvalue weighted by atomic mass is 35.5. The highest BCUT2D eigenvalue weighted by Gasteiger charge is 2.20. The van der Waals surface area contributed by atoms with Crippen molar-refractivity contribution in [2.24, 2.45) is 0 Å². The van der Waals surface area contributed by atoms with Gasteiger partial charge in [0.1, 0.15) is 5.69 Å². The number of anilines is 2. The minimum Gasteiger partial charge on any atom is -0.321 e. The van der Waals surface area contributed by atoms with Gasteiger partial charge in [0.2, 0.25) is 5.91 Å². The normalized spacial score (nSPS) is 11.9.